The van der Waals surface area contributed by atoms with E-state index in [0.717, 1.165) is 10.6 Å². The number of rotatable bonds is 4. The molecule has 0 saturated heterocycles. The summed E-state index contributed by atoms with van der Waals surface area (Å²) in [6, 6.07) is 10.9. The molecule has 4 heterocycles. The van der Waals surface area contributed by atoms with Gasteiger partial charge in [0.1, 0.15) is 10.6 Å². The molecule has 1 aliphatic rings. The fourth-order valence-electron chi connectivity index (χ4n) is 3.35. The van der Waals surface area contributed by atoms with Gasteiger partial charge in [-0.15, -0.1) is 22.7 Å². The van der Waals surface area contributed by atoms with Gasteiger partial charge in [-0.25, -0.2) is 4.98 Å². The molecule has 0 atom stereocenters. The Hall–Kier alpha value is -2.66. The van der Waals surface area contributed by atoms with Crippen molar-refractivity contribution in [1.82, 2.24) is 9.66 Å². The van der Waals surface area contributed by atoms with Crippen molar-refractivity contribution in [2.75, 3.05) is 18.2 Å². The van der Waals surface area contributed by atoms with E-state index in [4.69, 9.17) is 16.3 Å². The van der Waals surface area contributed by atoms with Crippen molar-refractivity contribution in [3.63, 3.8) is 0 Å². The number of halogens is 1. The van der Waals surface area contributed by atoms with E-state index in [1.165, 1.54) is 39.1 Å². The Bertz CT molecular complexity index is 1470. The largest absolute Gasteiger partial charge is 0.495 e. The summed E-state index contributed by atoms with van der Waals surface area (Å²) < 4.78 is 7.29. The molecule has 1 aliphatic heterocycles. The molecule has 162 valence electrons. The monoisotopic (exact) mass is 502 g/mol. The van der Waals surface area contributed by atoms with Crippen molar-refractivity contribution in [3.05, 3.63) is 66.4 Å². The fourth-order valence-corrected chi connectivity index (χ4v) is 6.48. The van der Waals surface area contributed by atoms with Crippen LogP contribution >= 0.6 is 46.0 Å². The van der Waals surface area contributed by atoms with Crippen molar-refractivity contribution in [2.24, 2.45) is 5.10 Å². The van der Waals surface area contributed by atoms with Gasteiger partial charge in [0.15, 0.2) is 5.16 Å². The van der Waals surface area contributed by atoms with Crippen LogP contribution in [0.4, 0.5) is 5.69 Å². The summed E-state index contributed by atoms with van der Waals surface area (Å²) >= 11 is 10.1. The lowest BCUT2D eigenvalue weighted by atomic mass is 10.2. The summed E-state index contributed by atoms with van der Waals surface area (Å²) in [5, 5.41) is 8.31. The summed E-state index contributed by atoms with van der Waals surface area (Å²) in [7, 11) is 1.54. The lowest BCUT2D eigenvalue weighted by Crippen LogP contribution is -2.25. The van der Waals surface area contributed by atoms with E-state index >= 15 is 0 Å². The van der Waals surface area contributed by atoms with Crippen LogP contribution in [0.2, 0.25) is 4.34 Å². The number of methoxy groups -OCH3 is 1. The number of aromatic nitrogens is 2. The zero-order valence-electron chi connectivity index (χ0n) is 16.8. The Balaban J connectivity index is 1.56. The lowest BCUT2D eigenvalue weighted by Gasteiger charge is -2.14. The van der Waals surface area contributed by atoms with Gasteiger partial charge in [0.2, 0.25) is 0 Å². The highest BCUT2D eigenvalue weighted by atomic mass is 35.5. The van der Waals surface area contributed by atoms with Crippen molar-refractivity contribution in [1.29, 1.82) is 0 Å². The molecule has 4 aromatic rings. The number of amides is 1. The van der Waals surface area contributed by atoms with Crippen molar-refractivity contribution in [2.45, 2.75) is 12.1 Å². The molecular formula is C21H15ClN4O3S3. The SMILES string of the molecule is COc1ccccc1NC(=O)c1sc2nc3n(c(=O)c2c1C)N=C(c1ccc(Cl)s1)CS3. The molecular weight excluding hydrogens is 488 g/mol. The Kier molecular flexibility index (Phi) is 5.54. The van der Waals surface area contributed by atoms with Gasteiger partial charge in [0, 0.05) is 5.75 Å². The molecule has 0 radical (unpaired) electrons. The van der Waals surface area contributed by atoms with Crippen LogP contribution in [0.3, 0.4) is 0 Å². The first-order valence-electron chi connectivity index (χ1n) is 9.43. The van der Waals surface area contributed by atoms with Gasteiger partial charge < -0.3 is 10.1 Å². The number of nitrogens with zero attached hydrogens (tertiary/aromatic N) is 3. The van der Waals surface area contributed by atoms with Crippen LogP contribution in [0.25, 0.3) is 10.2 Å². The van der Waals surface area contributed by atoms with Gasteiger partial charge in [-0.1, -0.05) is 35.5 Å². The number of thiophene rings is 2. The topological polar surface area (TPSA) is 85.6 Å². The average Bonchev–Trinajstić information content (AvgIpc) is 3.37. The fraction of sp³-hybridized carbons (Fsp3) is 0.143. The predicted octanol–water partition coefficient (Wildman–Crippen LogP) is 5.10. The van der Waals surface area contributed by atoms with E-state index in [1.807, 2.05) is 24.3 Å². The third-order valence-corrected chi connectivity index (χ3v) is 8.30. The number of fused-ring (bicyclic) bond motifs is 2. The first-order chi connectivity index (χ1) is 15.5. The van der Waals surface area contributed by atoms with Crippen LogP contribution in [-0.2, 0) is 0 Å². The zero-order valence-corrected chi connectivity index (χ0v) is 20.0. The van der Waals surface area contributed by atoms with Crippen LogP contribution in [0.1, 0.15) is 20.1 Å². The molecule has 7 nitrogen and oxygen atoms in total. The van der Waals surface area contributed by atoms with E-state index in [1.54, 1.807) is 26.2 Å². The van der Waals surface area contributed by atoms with E-state index < -0.39 is 0 Å². The van der Waals surface area contributed by atoms with Gasteiger partial charge in [0.25, 0.3) is 11.5 Å². The molecule has 0 unspecified atom stereocenters. The molecule has 0 saturated carbocycles. The molecule has 0 bridgehead atoms. The quantitative estimate of drug-likeness (QED) is 0.392. The van der Waals surface area contributed by atoms with E-state index in [9.17, 15) is 9.59 Å². The number of para-hydroxylation sites is 2. The molecule has 3 aromatic heterocycles. The third kappa shape index (κ3) is 3.62. The Labute approximate surface area is 199 Å². The highest BCUT2D eigenvalue weighted by molar-refractivity contribution is 7.99. The number of benzene rings is 1. The second kappa shape index (κ2) is 8.36. The highest BCUT2D eigenvalue weighted by Crippen LogP contribution is 2.33. The molecule has 0 aliphatic carbocycles. The summed E-state index contributed by atoms with van der Waals surface area (Å²) in [5.41, 5.74) is 1.61. The first kappa shape index (κ1) is 21.2. The molecule has 1 aromatic carbocycles. The van der Waals surface area contributed by atoms with E-state index in [0.29, 0.717) is 47.3 Å². The van der Waals surface area contributed by atoms with E-state index in [2.05, 4.69) is 15.4 Å². The summed E-state index contributed by atoms with van der Waals surface area (Å²) in [6.45, 7) is 1.76. The Morgan fingerprint density at radius 3 is 2.78 bits per heavy atom. The minimum atomic E-state index is -0.317. The van der Waals surface area contributed by atoms with Gasteiger partial charge in [-0.2, -0.15) is 9.78 Å². The third-order valence-electron chi connectivity index (χ3n) is 4.89. The highest BCUT2D eigenvalue weighted by Gasteiger charge is 2.25. The predicted molar refractivity (Wildman–Crippen MR) is 132 cm³/mol. The van der Waals surface area contributed by atoms with Crippen LogP contribution in [0.5, 0.6) is 5.75 Å². The van der Waals surface area contributed by atoms with Gasteiger partial charge in [0.05, 0.1) is 38.0 Å². The summed E-state index contributed by atoms with van der Waals surface area (Å²) in [6.07, 6.45) is 0. The Morgan fingerprint density at radius 1 is 1.22 bits per heavy atom. The molecule has 0 fully saturated rings. The maximum atomic E-state index is 13.3. The number of anilines is 1. The molecule has 1 N–H and O–H groups in total. The Morgan fingerprint density at radius 2 is 2.03 bits per heavy atom. The zero-order chi connectivity index (χ0) is 22.4. The van der Waals surface area contributed by atoms with Gasteiger partial charge >= 0.3 is 0 Å². The molecule has 11 heteroatoms. The number of hydrogen-bond acceptors (Lipinski definition) is 8. The van der Waals surface area contributed by atoms with Crippen molar-refractivity contribution >= 4 is 73.6 Å². The maximum Gasteiger partial charge on any atom is 0.283 e. The van der Waals surface area contributed by atoms with Crippen molar-refractivity contribution < 1.29 is 9.53 Å². The van der Waals surface area contributed by atoms with Crippen LogP contribution in [-0.4, -0.2) is 34.1 Å². The number of thioether (sulfide) groups is 1. The molecule has 0 spiro atoms. The molecule has 5 rings (SSSR count). The lowest BCUT2D eigenvalue weighted by molar-refractivity contribution is 0.102. The van der Waals surface area contributed by atoms with Crippen LogP contribution in [0.15, 0.2) is 51.5 Å². The average molecular weight is 503 g/mol. The summed E-state index contributed by atoms with van der Waals surface area (Å²) in [5.74, 6) is 0.822. The van der Waals surface area contributed by atoms with Crippen molar-refractivity contribution in [3.8, 4) is 5.75 Å². The van der Waals surface area contributed by atoms with Gasteiger partial charge in [-0.3, -0.25) is 9.59 Å². The number of aryl methyl sites for hydroxylation is 1. The van der Waals surface area contributed by atoms with E-state index in [-0.39, 0.29) is 11.5 Å². The molecule has 1 amide bonds. The first-order valence-corrected chi connectivity index (χ1v) is 12.4. The number of hydrogen-bond donors (Lipinski definition) is 1. The number of carbonyl (C=O) groups excluding carboxylic acids is 1. The minimum Gasteiger partial charge on any atom is -0.495 e. The minimum absolute atomic E-state index is 0.289. The molecule has 32 heavy (non-hydrogen) atoms. The number of nitrogens with one attached hydrogen (secondary N) is 1. The second-order valence-corrected chi connectivity index (χ2v) is 10.5. The second-order valence-electron chi connectivity index (χ2n) is 6.84. The number of ether oxygens (including phenoxy) is 1. The normalized spacial score (nSPS) is 13.0. The van der Waals surface area contributed by atoms with Gasteiger partial charge in [-0.05, 0) is 36.8 Å². The smallest absolute Gasteiger partial charge is 0.283 e. The maximum absolute atomic E-state index is 13.3. The number of carbonyl (C=O) groups is 1. The standard InChI is InChI=1S/C21H15ClN4O3S3/c1-10-16-19(32-17(10)18(27)23-11-5-3-4-6-13(11)29-2)24-21-26(20(16)28)25-12(9-30-21)14-7-8-15(22)31-14/h3-8H,9H2,1-2H3,(H,23,27). The van der Waals surface area contributed by atoms with Crippen LogP contribution in [0, 0.1) is 6.92 Å². The van der Waals surface area contributed by atoms with Crippen LogP contribution < -0.4 is 15.6 Å². The summed E-state index contributed by atoms with van der Waals surface area (Å²) in [4.78, 5) is 32.8.